The predicted molar refractivity (Wildman–Crippen MR) is 90.6 cm³/mol. The summed E-state index contributed by atoms with van der Waals surface area (Å²) in [5.41, 5.74) is 1.44. The van der Waals surface area contributed by atoms with Crippen molar-refractivity contribution in [2.75, 3.05) is 14.1 Å². The van der Waals surface area contributed by atoms with E-state index in [1.165, 1.54) is 4.90 Å². The Kier molecular flexibility index (Phi) is 5.89. The van der Waals surface area contributed by atoms with Crippen LogP contribution in [-0.4, -0.2) is 41.8 Å². The molecule has 0 fully saturated rings. The molecule has 6 nitrogen and oxygen atoms in total. The second-order valence-corrected chi connectivity index (χ2v) is 5.60. The predicted octanol–water partition coefficient (Wildman–Crippen LogP) is 1.87. The molecule has 2 rings (SSSR count). The summed E-state index contributed by atoms with van der Waals surface area (Å²) in [6, 6.07) is 9.99. The first-order chi connectivity index (χ1) is 11.5. The van der Waals surface area contributed by atoms with Crippen molar-refractivity contribution in [1.82, 2.24) is 15.2 Å². The van der Waals surface area contributed by atoms with Crippen LogP contribution in [-0.2, 0) is 11.4 Å². The van der Waals surface area contributed by atoms with Gasteiger partial charge in [0.1, 0.15) is 18.4 Å². The minimum Gasteiger partial charge on any atom is -0.489 e. The number of pyridine rings is 1. The summed E-state index contributed by atoms with van der Waals surface area (Å²) in [6.07, 6.45) is 3.45. The highest BCUT2D eigenvalue weighted by Crippen LogP contribution is 2.14. The van der Waals surface area contributed by atoms with E-state index in [9.17, 15) is 9.59 Å². The summed E-state index contributed by atoms with van der Waals surface area (Å²) in [6.45, 7) is 2.07. The number of rotatable bonds is 6. The Labute approximate surface area is 141 Å². The van der Waals surface area contributed by atoms with Crippen molar-refractivity contribution >= 4 is 11.8 Å². The fraction of sp³-hybridized carbons (Fsp3) is 0.278. The van der Waals surface area contributed by atoms with E-state index >= 15 is 0 Å². The quantitative estimate of drug-likeness (QED) is 0.879. The fourth-order valence-electron chi connectivity index (χ4n) is 2.08. The van der Waals surface area contributed by atoms with Gasteiger partial charge in [0.25, 0.3) is 5.91 Å². The van der Waals surface area contributed by atoms with Gasteiger partial charge in [-0.15, -0.1) is 0 Å². The lowest BCUT2D eigenvalue weighted by Gasteiger charge is -2.18. The highest BCUT2D eigenvalue weighted by Gasteiger charge is 2.17. The van der Waals surface area contributed by atoms with E-state index in [0.29, 0.717) is 17.9 Å². The van der Waals surface area contributed by atoms with Gasteiger partial charge in [-0.25, -0.2) is 0 Å². The van der Waals surface area contributed by atoms with Gasteiger partial charge in [-0.2, -0.15) is 0 Å². The van der Waals surface area contributed by atoms with Gasteiger partial charge >= 0.3 is 0 Å². The zero-order valence-electron chi connectivity index (χ0n) is 14.0. The molecule has 24 heavy (non-hydrogen) atoms. The first-order valence-electron chi connectivity index (χ1n) is 7.61. The lowest BCUT2D eigenvalue weighted by atomic mass is 10.2. The molecule has 0 radical (unpaired) electrons. The monoisotopic (exact) mass is 327 g/mol. The molecule has 0 aliphatic carbocycles. The van der Waals surface area contributed by atoms with Gasteiger partial charge in [0.2, 0.25) is 5.91 Å². The number of carbonyl (C=O) groups is 2. The Morgan fingerprint density at radius 1 is 1.21 bits per heavy atom. The third kappa shape index (κ3) is 4.81. The van der Waals surface area contributed by atoms with Crippen molar-refractivity contribution in [1.29, 1.82) is 0 Å². The Morgan fingerprint density at radius 2 is 1.92 bits per heavy atom. The van der Waals surface area contributed by atoms with Crippen molar-refractivity contribution in [3.05, 3.63) is 59.9 Å². The van der Waals surface area contributed by atoms with Crippen molar-refractivity contribution in [3.8, 4) is 5.75 Å². The van der Waals surface area contributed by atoms with Crippen LogP contribution in [0.2, 0.25) is 0 Å². The zero-order valence-corrected chi connectivity index (χ0v) is 14.0. The first-order valence-corrected chi connectivity index (χ1v) is 7.61. The van der Waals surface area contributed by atoms with Gasteiger partial charge in [-0.05, 0) is 37.3 Å². The molecule has 1 atom stereocenters. The van der Waals surface area contributed by atoms with Crippen LogP contribution in [0.25, 0.3) is 0 Å². The number of aromatic nitrogens is 1. The summed E-state index contributed by atoms with van der Waals surface area (Å²) >= 11 is 0. The molecule has 0 aliphatic rings. The van der Waals surface area contributed by atoms with Crippen LogP contribution < -0.4 is 10.1 Å². The van der Waals surface area contributed by atoms with Crippen LogP contribution in [0.15, 0.2) is 48.8 Å². The van der Waals surface area contributed by atoms with E-state index in [0.717, 1.165) is 5.56 Å². The number of nitrogens with zero attached hydrogens (tertiary/aromatic N) is 2. The number of hydrogen-bond acceptors (Lipinski definition) is 4. The summed E-state index contributed by atoms with van der Waals surface area (Å²) in [5, 5.41) is 2.68. The Balaban J connectivity index is 1.91. The number of amides is 2. The zero-order chi connectivity index (χ0) is 17.5. The number of nitrogens with one attached hydrogen (secondary N) is 1. The first kappa shape index (κ1) is 17.5. The van der Waals surface area contributed by atoms with Crippen molar-refractivity contribution in [2.24, 2.45) is 0 Å². The van der Waals surface area contributed by atoms with E-state index in [1.807, 2.05) is 12.1 Å². The third-order valence-electron chi connectivity index (χ3n) is 3.40. The number of ether oxygens (including phenoxy) is 1. The van der Waals surface area contributed by atoms with E-state index in [2.05, 4.69) is 10.3 Å². The highest BCUT2D eigenvalue weighted by atomic mass is 16.5. The Bertz CT molecular complexity index is 684. The number of likely N-dealkylation sites (N-methyl/N-ethyl adjacent to an activating group) is 1. The van der Waals surface area contributed by atoms with E-state index in [-0.39, 0.29) is 11.8 Å². The van der Waals surface area contributed by atoms with E-state index < -0.39 is 6.04 Å². The van der Waals surface area contributed by atoms with Gasteiger partial charge in [-0.3, -0.25) is 14.6 Å². The molecule has 0 spiro atoms. The van der Waals surface area contributed by atoms with Crippen molar-refractivity contribution < 1.29 is 14.3 Å². The molecular formula is C18H21N3O3. The Hall–Kier alpha value is -2.89. The van der Waals surface area contributed by atoms with E-state index in [1.54, 1.807) is 57.7 Å². The minimum atomic E-state index is -0.575. The van der Waals surface area contributed by atoms with Gasteiger partial charge in [0.05, 0.1) is 0 Å². The second kappa shape index (κ2) is 8.10. The molecule has 0 aliphatic heterocycles. The molecule has 0 saturated heterocycles. The number of carbonyl (C=O) groups excluding carboxylic acids is 2. The standard InChI is InChI=1S/C18H21N3O3/c1-13(18(23)21(2)3)20-17(22)15-6-8-16(9-7-15)24-12-14-5-4-10-19-11-14/h4-11,13H,12H2,1-3H3,(H,20,22)/t13-/m1/s1. The smallest absolute Gasteiger partial charge is 0.251 e. The van der Waals surface area contributed by atoms with Gasteiger partial charge in [0.15, 0.2) is 0 Å². The molecule has 0 saturated carbocycles. The van der Waals surface area contributed by atoms with Gasteiger partial charge in [-0.1, -0.05) is 6.07 Å². The summed E-state index contributed by atoms with van der Waals surface area (Å²) in [5.74, 6) is 0.212. The SMILES string of the molecule is C[C@@H](NC(=O)c1ccc(OCc2cccnc2)cc1)C(=O)N(C)C. The maximum atomic E-state index is 12.1. The molecule has 0 unspecified atom stereocenters. The molecule has 0 bridgehead atoms. The fourth-order valence-corrected chi connectivity index (χ4v) is 2.08. The normalized spacial score (nSPS) is 11.5. The second-order valence-electron chi connectivity index (χ2n) is 5.60. The van der Waals surface area contributed by atoms with Crippen LogP contribution in [0, 0.1) is 0 Å². The van der Waals surface area contributed by atoms with Crippen LogP contribution in [0.3, 0.4) is 0 Å². The van der Waals surface area contributed by atoms with Crippen LogP contribution >= 0.6 is 0 Å². The lowest BCUT2D eigenvalue weighted by molar-refractivity contribution is -0.130. The third-order valence-corrected chi connectivity index (χ3v) is 3.40. The maximum absolute atomic E-state index is 12.1. The van der Waals surface area contributed by atoms with Crippen molar-refractivity contribution in [2.45, 2.75) is 19.6 Å². The van der Waals surface area contributed by atoms with Crippen molar-refractivity contribution in [3.63, 3.8) is 0 Å². The molecule has 6 heteroatoms. The number of benzene rings is 1. The van der Waals surface area contributed by atoms with E-state index in [4.69, 9.17) is 4.74 Å². The van der Waals surface area contributed by atoms with Crippen LogP contribution in [0.1, 0.15) is 22.8 Å². The minimum absolute atomic E-state index is 0.153. The summed E-state index contributed by atoms with van der Waals surface area (Å²) in [7, 11) is 3.30. The van der Waals surface area contributed by atoms with Crippen LogP contribution in [0.4, 0.5) is 0 Å². The topological polar surface area (TPSA) is 71.5 Å². The molecule has 1 N–H and O–H groups in total. The summed E-state index contributed by atoms with van der Waals surface area (Å²) < 4.78 is 5.65. The molecular weight excluding hydrogens is 306 g/mol. The molecule has 126 valence electrons. The van der Waals surface area contributed by atoms with Crippen LogP contribution in [0.5, 0.6) is 5.75 Å². The average Bonchev–Trinajstić information content (AvgIpc) is 2.60. The average molecular weight is 327 g/mol. The maximum Gasteiger partial charge on any atom is 0.251 e. The molecule has 1 aromatic heterocycles. The molecule has 1 heterocycles. The largest absolute Gasteiger partial charge is 0.489 e. The molecule has 2 aromatic rings. The molecule has 1 aromatic carbocycles. The lowest BCUT2D eigenvalue weighted by Crippen LogP contribution is -2.44. The Morgan fingerprint density at radius 3 is 2.50 bits per heavy atom. The van der Waals surface area contributed by atoms with Gasteiger partial charge < -0.3 is 15.0 Å². The highest BCUT2D eigenvalue weighted by molar-refractivity contribution is 5.97. The van der Waals surface area contributed by atoms with Gasteiger partial charge in [0, 0.05) is 37.6 Å². The number of hydrogen-bond donors (Lipinski definition) is 1. The molecule has 2 amide bonds. The summed E-state index contributed by atoms with van der Waals surface area (Å²) in [4.78, 5) is 29.4.